The first kappa shape index (κ1) is 14.4. The van der Waals surface area contributed by atoms with E-state index in [0.29, 0.717) is 5.52 Å². The maximum absolute atomic E-state index is 14.2. The van der Waals surface area contributed by atoms with Gasteiger partial charge < -0.3 is 5.73 Å². The minimum absolute atomic E-state index is 0.265. The first-order valence-corrected chi connectivity index (χ1v) is 7.53. The summed E-state index contributed by atoms with van der Waals surface area (Å²) < 4.78 is 14.2. The summed E-state index contributed by atoms with van der Waals surface area (Å²) in [5, 5.41) is 0.846. The van der Waals surface area contributed by atoms with Crippen LogP contribution in [0.5, 0.6) is 0 Å². The van der Waals surface area contributed by atoms with Crippen LogP contribution in [0, 0.1) is 5.82 Å². The van der Waals surface area contributed by atoms with E-state index in [2.05, 4.69) is 16.8 Å². The second-order valence-electron chi connectivity index (χ2n) is 6.39. The Balaban J connectivity index is 2.34. The van der Waals surface area contributed by atoms with Gasteiger partial charge in [0.25, 0.3) is 0 Å². The van der Waals surface area contributed by atoms with Crippen molar-refractivity contribution in [2.75, 3.05) is 13.1 Å². The molecular formula is C17H22FN3. The molecule has 2 aromatic rings. The summed E-state index contributed by atoms with van der Waals surface area (Å²) in [6.45, 7) is 8.95. The Hall–Kier alpha value is -1.52. The van der Waals surface area contributed by atoms with Crippen LogP contribution in [0.3, 0.4) is 0 Å². The lowest BCUT2D eigenvalue weighted by atomic mass is 9.85. The summed E-state index contributed by atoms with van der Waals surface area (Å²) in [5.74, 6) is -0.265. The smallest absolute Gasteiger partial charge is 0.149 e. The molecule has 1 aliphatic heterocycles. The molecule has 1 aliphatic rings. The number of pyridine rings is 1. The van der Waals surface area contributed by atoms with Crippen LogP contribution in [0.2, 0.25) is 0 Å². The standard InChI is InChI=1S/C17H22FN3/c1-4-21-9-8-14-12(10-21)15(17(2,3)19)11-6-5-7-13(18)16(11)20-14/h5-7H,4,8-10,19H2,1-3H3. The molecule has 0 unspecified atom stereocenters. The number of para-hydroxylation sites is 1. The zero-order chi connectivity index (χ0) is 15.2. The van der Waals surface area contributed by atoms with Crippen molar-refractivity contribution in [3.05, 3.63) is 40.8 Å². The minimum Gasteiger partial charge on any atom is -0.322 e. The monoisotopic (exact) mass is 287 g/mol. The zero-order valence-electron chi connectivity index (χ0n) is 12.9. The fourth-order valence-corrected chi connectivity index (χ4v) is 3.29. The van der Waals surface area contributed by atoms with Gasteiger partial charge in [0, 0.05) is 36.1 Å². The molecule has 0 fully saturated rings. The van der Waals surface area contributed by atoms with Crippen molar-refractivity contribution in [3.8, 4) is 0 Å². The molecule has 0 spiro atoms. The van der Waals surface area contributed by atoms with Crippen molar-refractivity contribution in [2.24, 2.45) is 5.73 Å². The van der Waals surface area contributed by atoms with Crippen molar-refractivity contribution < 1.29 is 4.39 Å². The average molecular weight is 287 g/mol. The Morgan fingerprint density at radius 2 is 2.14 bits per heavy atom. The summed E-state index contributed by atoms with van der Waals surface area (Å²) in [6.07, 6.45) is 0.858. The summed E-state index contributed by atoms with van der Waals surface area (Å²) in [6, 6.07) is 5.14. The molecule has 1 aromatic heterocycles. The molecule has 0 aliphatic carbocycles. The van der Waals surface area contributed by atoms with Gasteiger partial charge in [-0.25, -0.2) is 9.37 Å². The van der Waals surface area contributed by atoms with Gasteiger partial charge >= 0.3 is 0 Å². The number of hydrogen-bond acceptors (Lipinski definition) is 3. The molecule has 0 amide bonds. The quantitative estimate of drug-likeness (QED) is 0.923. The molecule has 0 saturated carbocycles. The molecule has 3 nitrogen and oxygen atoms in total. The maximum Gasteiger partial charge on any atom is 0.149 e. The molecule has 4 heteroatoms. The molecule has 2 N–H and O–H groups in total. The first-order valence-electron chi connectivity index (χ1n) is 7.53. The van der Waals surface area contributed by atoms with Crippen LogP contribution in [-0.4, -0.2) is 23.0 Å². The van der Waals surface area contributed by atoms with Crippen LogP contribution >= 0.6 is 0 Å². The van der Waals surface area contributed by atoms with E-state index < -0.39 is 5.54 Å². The molecule has 2 heterocycles. The minimum atomic E-state index is -0.518. The van der Waals surface area contributed by atoms with Crippen LogP contribution in [0.25, 0.3) is 10.9 Å². The first-order chi connectivity index (χ1) is 9.91. The second-order valence-corrected chi connectivity index (χ2v) is 6.39. The van der Waals surface area contributed by atoms with Gasteiger partial charge in [-0.3, -0.25) is 4.90 Å². The number of aromatic nitrogens is 1. The highest BCUT2D eigenvalue weighted by atomic mass is 19.1. The number of nitrogens with two attached hydrogens (primary N) is 1. The van der Waals surface area contributed by atoms with Crippen LogP contribution in [0.4, 0.5) is 4.39 Å². The third-order valence-corrected chi connectivity index (χ3v) is 4.29. The van der Waals surface area contributed by atoms with Gasteiger partial charge in [0.1, 0.15) is 11.3 Å². The van der Waals surface area contributed by atoms with Gasteiger partial charge in [0.15, 0.2) is 0 Å². The van der Waals surface area contributed by atoms with E-state index in [1.807, 2.05) is 19.9 Å². The summed E-state index contributed by atoms with van der Waals surface area (Å²) in [5.41, 5.74) is 9.59. The fourth-order valence-electron chi connectivity index (χ4n) is 3.29. The van der Waals surface area contributed by atoms with Crippen LogP contribution < -0.4 is 5.73 Å². The highest BCUT2D eigenvalue weighted by Crippen LogP contribution is 2.34. The van der Waals surface area contributed by atoms with Gasteiger partial charge in [-0.2, -0.15) is 0 Å². The second kappa shape index (κ2) is 5.04. The average Bonchev–Trinajstić information content (AvgIpc) is 2.43. The van der Waals surface area contributed by atoms with Gasteiger partial charge in [-0.05, 0) is 37.6 Å². The number of fused-ring (bicyclic) bond motifs is 2. The van der Waals surface area contributed by atoms with Gasteiger partial charge in [0.2, 0.25) is 0 Å². The topological polar surface area (TPSA) is 42.2 Å². The summed E-state index contributed by atoms with van der Waals surface area (Å²) in [4.78, 5) is 6.98. The van der Waals surface area contributed by atoms with E-state index >= 15 is 0 Å². The van der Waals surface area contributed by atoms with Crippen molar-refractivity contribution in [1.29, 1.82) is 0 Å². The lowest BCUT2D eigenvalue weighted by Crippen LogP contribution is -2.37. The van der Waals surface area contributed by atoms with Crippen LogP contribution in [-0.2, 0) is 18.5 Å². The number of likely N-dealkylation sites (N-methyl/N-ethyl adjacent to an activating group) is 1. The third-order valence-electron chi connectivity index (χ3n) is 4.29. The van der Waals surface area contributed by atoms with E-state index in [0.717, 1.165) is 42.7 Å². The molecular weight excluding hydrogens is 265 g/mol. The molecule has 0 atom stereocenters. The predicted molar refractivity (Wildman–Crippen MR) is 83.6 cm³/mol. The van der Waals surface area contributed by atoms with E-state index in [1.165, 1.54) is 11.6 Å². The largest absolute Gasteiger partial charge is 0.322 e. The summed E-state index contributed by atoms with van der Waals surface area (Å²) in [7, 11) is 0. The molecule has 21 heavy (non-hydrogen) atoms. The molecule has 1 aromatic carbocycles. The Bertz CT molecular complexity index is 688. The number of benzene rings is 1. The van der Waals surface area contributed by atoms with E-state index in [9.17, 15) is 4.39 Å². The van der Waals surface area contributed by atoms with Crippen molar-refractivity contribution in [2.45, 2.75) is 39.3 Å². The maximum atomic E-state index is 14.2. The Labute approximate surface area is 125 Å². The summed E-state index contributed by atoms with van der Waals surface area (Å²) >= 11 is 0. The van der Waals surface area contributed by atoms with Gasteiger partial charge in [-0.1, -0.05) is 19.1 Å². The normalized spacial score (nSPS) is 16.2. The third kappa shape index (κ3) is 2.43. The number of halogens is 1. The van der Waals surface area contributed by atoms with Crippen LogP contribution in [0.1, 0.15) is 37.6 Å². The zero-order valence-corrected chi connectivity index (χ0v) is 12.9. The highest BCUT2D eigenvalue weighted by Gasteiger charge is 2.28. The molecule has 0 bridgehead atoms. The fraction of sp³-hybridized carbons (Fsp3) is 0.471. The molecule has 0 radical (unpaired) electrons. The number of hydrogen-bond donors (Lipinski definition) is 1. The Kier molecular flexibility index (Phi) is 3.46. The SMILES string of the molecule is CCN1CCc2nc3c(F)cccc3c(C(C)(C)N)c2C1. The van der Waals surface area contributed by atoms with Gasteiger partial charge in [0.05, 0.1) is 0 Å². The molecule has 3 rings (SSSR count). The van der Waals surface area contributed by atoms with Crippen molar-refractivity contribution >= 4 is 10.9 Å². The van der Waals surface area contributed by atoms with Crippen molar-refractivity contribution in [1.82, 2.24) is 9.88 Å². The van der Waals surface area contributed by atoms with Crippen LogP contribution in [0.15, 0.2) is 18.2 Å². The van der Waals surface area contributed by atoms with Gasteiger partial charge in [-0.15, -0.1) is 0 Å². The Morgan fingerprint density at radius 3 is 2.81 bits per heavy atom. The molecule has 112 valence electrons. The lowest BCUT2D eigenvalue weighted by molar-refractivity contribution is 0.263. The van der Waals surface area contributed by atoms with Crippen molar-refractivity contribution in [3.63, 3.8) is 0 Å². The number of nitrogens with zero attached hydrogens (tertiary/aromatic N) is 2. The highest BCUT2D eigenvalue weighted by molar-refractivity contribution is 5.85. The van der Waals surface area contributed by atoms with E-state index in [4.69, 9.17) is 5.73 Å². The number of rotatable bonds is 2. The Morgan fingerprint density at radius 1 is 1.38 bits per heavy atom. The lowest BCUT2D eigenvalue weighted by Gasteiger charge is -2.33. The van der Waals surface area contributed by atoms with E-state index in [-0.39, 0.29) is 5.82 Å². The van der Waals surface area contributed by atoms with E-state index in [1.54, 1.807) is 6.07 Å². The predicted octanol–water partition coefficient (Wildman–Crippen LogP) is 2.95. The molecule has 0 saturated heterocycles.